The molecule has 0 atom stereocenters. The van der Waals surface area contributed by atoms with Gasteiger partial charge in [-0.15, -0.1) is 0 Å². The summed E-state index contributed by atoms with van der Waals surface area (Å²) in [6, 6.07) is 5.41. The van der Waals surface area contributed by atoms with Crippen LogP contribution >= 0.6 is 0 Å². The lowest BCUT2D eigenvalue weighted by Gasteiger charge is -2.29. The molecule has 1 aliphatic heterocycles. The lowest BCUT2D eigenvalue weighted by molar-refractivity contribution is 0.0767. The number of anilines is 1. The quantitative estimate of drug-likeness (QED) is 0.869. The SMILES string of the molecule is COCC1(NC(=O)c2ccc(C)c(N3CCNC3=O)c2)CCCC1. The molecule has 3 amide bonds. The van der Waals surface area contributed by atoms with Gasteiger partial charge in [-0.1, -0.05) is 18.9 Å². The molecule has 1 aromatic carbocycles. The molecule has 2 aliphatic rings. The van der Waals surface area contributed by atoms with E-state index in [4.69, 9.17) is 4.74 Å². The average molecular weight is 331 g/mol. The number of benzene rings is 1. The highest BCUT2D eigenvalue weighted by Gasteiger charge is 2.35. The monoisotopic (exact) mass is 331 g/mol. The zero-order valence-electron chi connectivity index (χ0n) is 14.4. The minimum atomic E-state index is -0.262. The number of rotatable bonds is 5. The summed E-state index contributed by atoms with van der Waals surface area (Å²) in [4.78, 5) is 26.4. The Hall–Kier alpha value is -2.08. The van der Waals surface area contributed by atoms with Gasteiger partial charge in [-0.2, -0.15) is 0 Å². The molecule has 1 saturated heterocycles. The van der Waals surface area contributed by atoms with Crippen LogP contribution in [0.4, 0.5) is 10.5 Å². The Labute approximate surface area is 142 Å². The number of hydrogen-bond acceptors (Lipinski definition) is 3. The number of aryl methyl sites for hydroxylation is 1. The first-order valence-electron chi connectivity index (χ1n) is 8.52. The smallest absolute Gasteiger partial charge is 0.322 e. The predicted molar refractivity (Wildman–Crippen MR) is 92.5 cm³/mol. The van der Waals surface area contributed by atoms with Crippen molar-refractivity contribution in [1.29, 1.82) is 0 Å². The maximum Gasteiger partial charge on any atom is 0.322 e. The highest BCUT2D eigenvalue weighted by Crippen LogP contribution is 2.31. The van der Waals surface area contributed by atoms with E-state index in [1.54, 1.807) is 12.0 Å². The van der Waals surface area contributed by atoms with Gasteiger partial charge in [0.15, 0.2) is 0 Å². The fourth-order valence-corrected chi connectivity index (χ4v) is 3.69. The van der Waals surface area contributed by atoms with Crippen molar-refractivity contribution in [3.8, 4) is 0 Å². The molecule has 0 unspecified atom stereocenters. The van der Waals surface area contributed by atoms with Crippen molar-refractivity contribution in [2.75, 3.05) is 31.7 Å². The highest BCUT2D eigenvalue weighted by atomic mass is 16.5. The van der Waals surface area contributed by atoms with E-state index in [0.717, 1.165) is 36.9 Å². The second-order valence-corrected chi connectivity index (χ2v) is 6.76. The van der Waals surface area contributed by atoms with Crippen molar-refractivity contribution in [2.45, 2.75) is 38.1 Å². The maximum atomic E-state index is 12.8. The molecule has 1 heterocycles. The normalized spacial score (nSPS) is 19.4. The van der Waals surface area contributed by atoms with Crippen LogP contribution in [0.2, 0.25) is 0 Å². The summed E-state index contributed by atoms with van der Waals surface area (Å²) in [5.74, 6) is -0.102. The number of carbonyl (C=O) groups excluding carboxylic acids is 2. The molecular formula is C18H25N3O3. The second kappa shape index (κ2) is 6.81. The Kier molecular flexibility index (Phi) is 4.76. The molecule has 24 heavy (non-hydrogen) atoms. The Morgan fingerprint density at radius 2 is 2.12 bits per heavy atom. The van der Waals surface area contributed by atoms with Gasteiger partial charge in [0, 0.05) is 31.5 Å². The van der Waals surface area contributed by atoms with Crippen LogP contribution in [0, 0.1) is 6.92 Å². The van der Waals surface area contributed by atoms with Gasteiger partial charge in [0.2, 0.25) is 0 Å². The van der Waals surface area contributed by atoms with E-state index in [1.165, 1.54) is 0 Å². The first-order valence-corrected chi connectivity index (χ1v) is 8.52. The Morgan fingerprint density at radius 3 is 2.75 bits per heavy atom. The lowest BCUT2D eigenvalue weighted by atomic mass is 9.97. The summed E-state index contributed by atoms with van der Waals surface area (Å²) in [6.07, 6.45) is 4.10. The van der Waals surface area contributed by atoms with Crippen LogP contribution in [0.3, 0.4) is 0 Å². The van der Waals surface area contributed by atoms with Crippen molar-refractivity contribution < 1.29 is 14.3 Å². The van der Waals surface area contributed by atoms with Gasteiger partial charge in [-0.3, -0.25) is 9.69 Å². The molecule has 0 aromatic heterocycles. The molecule has 0 radical (unpaired) electrons. The fraction of sp³-hybridized carbons (Fsp3) is 0.556. The van der Waals surface area contributed by atoms with E-state index in [0.29, 0.717) is 25.3 Å². The zero-order valence-corrected chi connectivity index (χ0v) is 14.4. The summed E-state index contributed by atoms with van der Waals surface area (Å²) in [7, 11) is 1.67. The topological polar surface area (TPSA) is 70.7 Å². The Bertz CT molecular complexity index is 638. The van der Waals surface area contributed by atoms with E-state index < -0.39 is 0 Å². The van der Waals surface area contributed by atoms with Crippen LogP contribution in [0.5, 0.6) is 0 Å². The number of nitrogens with zero attached hydrogens (tertiary/aromatic N) is 1. The van der Waals surface area contributed by atoms with Crippen LogP contribution in [0.15, 0.2) is 18.2 Å². The third-order valence-corrected chi connectivity index (χ3v) is 4.98. The predicted octanol–water partition coefficient (Wildman–Crippen LogP) is 2.21. The first-order chi connectivity index (χ1) is 11.5. The van der Waals surface area contributed by atoms with Crippen LogP contribution < -0.4 is 15.5 Å². The first kappa shape index (κ1) is 16.8. The molecule has 1 aliphatic carbocycles. The fourth-order valence-electron chi connectivity index (χ4n) is 3.69. The van der Waals surface area contributed by atoms with Crippen molar-refractivity contribution in [2.24, 2.45) is 0 Å². The standard InChI is InChI=1S/C18H25N3O3/c1-13-5-6-14(11-15(13)21-10-9-19-17(21)23)16(22)20-18(12-24-2)7-3-4-8-18/h5-6,11H,3-4,7-10,12H2,1-2H3,(H,19,23)(H,20,22). The van der Waals surface area contributed by atoms with Crippen LogP contribution in [0.1, 0.15) is 41.6 Å². The van der Waals surface area contributed by atoms with Gasteiger partial charge in [-0.25, -0.2) is 4.79 Å². The molecule has 130 valence electrons. The number of urea groups is 1. The molecule has 6 heteroatoms. The summed E-state index contributed by atoms with van der Waals surface area (Å²) in [6.45, 7) is 3.74. The molecule has 6 nitrogen and oxygen atoms in total. The van der Waals surface area contributed by atoms with Gasteiger partial charge in [0.25, 0.3) is 5.91 Å². The molecule has 3 rings (SSSR count). The van der Waals surface area contributed by atoms with Crippen LogP contribution in [-0.4, -0.2) is 44.3 Å². The minimum absolute atomic E-state index is 0.102. The summed E-state index contributed by atoms with van der Waals surface area (Å²) in [5.41, 5.74) is 2.10. The van der Waals surface area contributed by atoms with Gasteiger partial charge >= 0.3 is 6.03 Å². The third kappa shape index (κ3) is 3.24. The second-order valence-electron chi connectivity index (χ2n) is 6.76. The summed E-state index contributed by atoms with van der Waals surface area (Å²) < 4.78 is 5.33. The maximum absolute atomic E-state index is 12.8. The largest absolute Gasteiger partial charge is 0.382 e. The van der Waals surface area contributed by atoms with Gasteiger partial charge in [0.05, 0.1) is 12.1 Å². The number of nitrogens with one attached hydrogen (secondary N) is 2. The number of amides is 3. The average Bonchev–Trinajstić information content (AvgIpc) is 3.18. The van der Waals surface area contributed by atoms with E-state index in [2.05, 4.69) is 10.6 Å². The summed E-state index contributed by atoms with van der Waals surface area (Å²) >= 11 is 0. The van der Waals surface area contributed by atoms with Gasteiger partial charge < -0.3 is 15.4 Å². The van der Waals surface area contributed by atoms with Crippen LogP contribution in [0.25, 0.3) is 0 Å². The van der Waals surface area contributed by atoms with Gasteiger partial charge in [0.1, 0.15) is 0 Å². The van der Waals surface area contributed by atoms with E-state index in [1.807, 2.05) is 25.1 Å². The molecule has 2 fully saturated rings. The van der Waals surface area contributed by atoms with Crippen molar-refractivity contribution in [3.63, 3.8) is 0 Å². The molecule has 0 bridgehead atoms. The number of methoxy groups -OCH3 is 1. The molecule has 0 spiro atoms. The Balaban J connectivity index is 1.81. The van der Waals surface area contributed by atoms with E-state index in [9.17, 15) is 9.59 Å². The van der Waals surface area contributed by atoms with Crippen molar-refractivity contribution >= 4 is 17.6 Å². The number of hydrogen-bond donors (Lipinski definition) is 2. The summed E-state index contributed by atoms with van der Waals surface area (Å²) in [5, 5.41) is 5.97. The Morgan fingerprint density at radius 1 is 1.38 bits per heavy atom. The highest BCUT2D eigenvalue weighted by molar-refractivity contribution is 5.99. The molecule has 2 N–H and O–H groups in total. The molecule has 1 aromatic rings. The van der Waals surface area contributed by atoms with E-state index >= 15 is 0 Å². The van der Waals surface area contributed by atoms with Crippen LogP contribution in [-0.2, 0) is 4.74 Å². The number of ether oxygens (including phenoxy) is 1. The zero-order chi connectivity index (χ0) is 17.2. The van der Waals surface area contributed by atoms with Crippen molar-refractivity contribution in [1.82, 2.24) is 10.6 Å². The van der Waals surface area contributed by atoms with E-state index in [-0.39, 0.29) is 17.5 Å². The van der Waals surface area contributed by atoms with Crippen molar-refractivity contribution in [3.05, 3.63) is 29.3 Å². The number of carbonyl (C=O) groups is 2. The van der Waals surface area contributed by atoms with Gasteiger partial charge in [-0.05, 0) is 37.5 Å². The minimum Gasteiger partial charge on any atom is -0.382 e. The molecule has 1 saturated carbocycles. The lowest BCUT2D eigenvalue weighted by Crippen LogP contribution is -2.49. The molecular weight excluding hydrogens is 306 g/mol. The third-order valence-electron chi connectivity index (χ3n) is 4.98.